The predicted molar refractivity (Wildman–Crippen MR) is 216 cm³/mol. The number of aliphatic hydroxyl groups is 4. The third-order valence-corrected chi connectivity index (χ3v) is 9.58. The summed E-state index contributed by atoms with van der Waals surface area (Å²) in [4.78, 5) is 23.0. The van der Waals surface area contributed by atoms with E-state index in [0.29, 0.717) is 11.0 Å². The molecule has 0 saturated heterocycles. The van der Waals surface area contributed by atoms with Gasteiger partial charge in [0.2, 0.25) is 5.91 Å². The lowest BCUT2D eigenvalue weighted by atomic mass is 10.1. The lowest BCUT2D eigenvalue weighted by Crippen LogP contribution is -2.45. The number of unbranched alkanes of at least 4 members (excludes halogenated alkanes) is 11. The van der Waals surface area contributed by atoms with Gasteiger partial charge in [-0.1, -0.05) is 145 Å². The van der Waals surface area contributed by atoms with Crippen molar-refractivity contribution < 1.29 is 48.2 Å². The first kappa shape index (κ1) is 51.1. The maximum absolute atomic E-state index is 12.8. The molecule has 0 saturated carbocycles. The molecule has 0 spiro atoms. The second-order valence-electron chi connectivity index (χ2n) is 14.9. The molecule has 1 unspecified atom stereocenters. The molecule has 12 heteroatoms. The highest BCUT2D eigenvalue weighted by molar-refractivity contribution is 7.47. The van der Waals surface area contributed by atoms with Gasteiger partial charge in [0.1, 0.15) is 13.2 Å². The third-order valence-electron chi connectivity index (χ3n) is 8.60. The molecule has 0 fully saturated rings. The van der Waals surface area contributed by atoms with Crippen LogP contribution in [0.3, 0.4) is 0 Å². The van der Waals surface area contributed by atoms with E-state index < -0.39 is 50.8 Å². The van der Waals surface area contributed by atoms with Gasteiger partial charge in [-0.15, -0.1) is 0 Å². The third kappa shape index (κ3) is 33.2. The summed E-state index contributed by atoms with van der Waals surface area (Å²) in [5.74, 6) is -0.432. The molecule has 1 amide bonds. The van der Waals surface area contributed by atoms with Crippen LogP contribution < -0.4 is 5.32 Å². The molecule has 0 radical (unpaired) electrons. The highest BCUT2D eigenvalue weighted by atomic mass is 31.2. The second kappa shape index (κ2) is 32.3. The Bertz CT molecular complexity index is 1100. The number of carbonyl (C=O) groups is 1. The van der Waals surface area contributed by atoms with E-state index in [1.807, 2.05) is 27.2 Å². The molecular formula is C41H76N2O9P+. The van der Waals surface area contributed by atoms with Gasteiger partial charge in [0.15, 0.2) is 0 Å². The number of allylic oxidation sites excluding steroid dienone is 7. The van der Waals surface area contributed by atoms with Crippen molar-refractivity contribution in [3.8, 4) is 0 Å². The SMILES string of the molecule is CCCCCCCCCCC/C=C/[C@@H](O)[C@H](COP(=O)(O)OCC[N+](C)(C)C)NC(=O)CCC[C@H](O)[C@@H](O)/C=C/C=C/C=C\C=C\[C@@H](O)CCCCC. The molecule has 0 aromatic carbocycles. The smallest absolute Gasteiger partial charge is 0.390 e. The van der Waals surface area contributed by atoms with E-state index in [-0.39, 0.29) is 25.9 Å². The number of nitrogens with zero attached hydrogens (tertiary/aromatic N) is 1. The Morgan fingerprint density at radius 3 is 1.89 bits per heavy atom. The fraction of sp³-hybridized carbons (Fsp3) is 0.732. The van der Waals surface area contributed by atoms with Crippen LogP contribution in [0.4, 0.5) is 0 Å². The summed E-state index contributed by atoms with van der Waals surface area (Å²) in [5, 5.41) is 44.2. The number of quaternary nitrogens is 1. The van der Waals surface area contributed by atoms with Gasteiger partial charge in [-0.05, 0) is 32.1 Å². The fourth-order valence-electron chi connectivity index (χ4n) is 5.19. The maximum Gasteiger partial charge on any atom is 0.472 e. The standard InChI is InChI=1S/C41H75N2O9P/c1-6-8-10-11-12-13-14-15-16-20-24-29-38(45)37(35-52-53(49,50)51-34-33-43(3,4)5)42-41(48)32-26-31-40(47)39(46)30-25-21-18-17-19-23-28-36(44)27-22-9-7-2/h17-19,21,23-25,28-30,36-40,44-47H,6-16,20,22,26-27,31-35H2,1-5H3,(H-,42,48,49,50)/p+1/b19-17-,21-18+,28-23+,29-24+,30-25+/t36-,37-,38+,39-,40-/m0/s1. The molecule has 6 atom stereocenters. The lowest BCUT2D eigenvalue weighted by Gasteiger charge is -2.25. The minimum Gasteiger partial charge on any atom is -0.390 e. The molecule has 0 aromatic heterocycles. The largest absolute Gasteiger partial charge is 0.472 e. The molecule has 308 valence electrons. The Morgan fingerprint density at radius 1 is 0.698 bits per heavy atom. The van der Waals surface area contributed by atoms with Crippen LogP contribution in [0.2, 0.25) is 0 Å². The number of phosphoric acid groups is 1. The van der Waals surface area contributed by atoms with Gasteiger partial charge in [-0.3, -0.25) is 13.8 Å². The molecular weight excluding hydrogens is 695 g/mol. The minimum atomic E-state index is -4.43. The van der Waals surface area contributed by atoms with Crippen LogP contribution in [0.15, 0.2) is 60.8 Å². The van der Waals surface area contributed by atoms with Gasteiger partial charge in [0, 0.05) is 6.42 Å². The summed E-state index contributed by atoms with van der Waals surface area (Å²) in [6, 6.07) is -1.00. The zero-order valence-corrected chi connectivity index (χ0v) is 34.5. The van der Waals surface area contributed by atoms with Crippen LogP contribution >= 0.6 is 7.82 Å². The Labute approximate surface area is 321 Å². The monoisotopic (exact) mass is 772 g/mol. The Morgan fingerprint density at radius 2 is 1.26 bits per heavy atom. The van der Waals surface area contributed by atoms with Crippen molar-refractivity contribution in [1.29, 1.82) is 0 Å². The van der Waals surface area contributed by atoms with Gasteiger partial charge in [-0.2, -0.15) is 0 Å². The molecule has 0 aliphatic carbocycles. The number of likely N-dealkylation sites (N-methyl/N-ethyl adjacent to an activating group) is 1. The Hall–Kier alpha value is -1.92. The van der Waals surface area contributed by atoms with Crippen molar-refractivity contribution in [3.05, 3.63) is 60.8 Å². The number of hydrogen-bond acceptors (Lipinski definition) is 8. The van der Waals surface area contributed by atoms with Gasteiger partial charge < -0.3 is 35.1 Å². The highest BCUT2D eigenvalue weighted by Gasteiger charge is 2.28. The van der Waals surface area contributed by atoms with Crippen LogP contribution in [0.5, 0.6) is 0 Å². The average Bonchev–Trinajstić information content (AvgIpc) is 3.09. The fourth-order valence-corrected chi connectivity index (χ4v) is 5.92. The molecule has 0 aliphatic heterocycles. The lowest BCUT2D eigenvalue weighted by molar-refractivity contribution is -0.870. The van der Waals surface area contributed by atoms with Gasteiger partial charge in [0.25, 0.3) is 0 Å². The first-order valence-electron chi connectivity index (χ1n) is 20.0. The van der Waals surface area contributed by atoms with E-state index in [9.17, 15) is 34.7 Å². The topological polar surface area (TPSA) is 166 Å². The zero-order valence-electron chi connectivity index (χ0n) is 33.6. The first-order chi connectivity index (χ1) is 25.2. The predicted octanol–water partition coefficient (Wildman–Crippen LogP) is 7.21. The van der Waals surface area contributed by atoms with E-state index in [0.717, 1.165) is 44.9 Å². The van der Waals surface area contributed by atoms with Gasteiger partial charge in [-0.25, -0.2) is 4.57 Å². The summed E-state index contributed by atoms with van der Waals surface area (Å²) >= 11 is 0. The van der Waals surface area contributed by atoms with Crippen LogP contribution in [-0.2, 0) is 18.4 Å². The number of hydrogen-bond donors (Lipinski definition) is 6. The number of carbonyl (C=O) groups excluding carboxylic acids is 1. The minimum absolute atomic E-state index is 0.00117. The van der Waals surface area contributed by atoms with Crippen molar-refractivity contribution in [2.75, 3.05) is 40.9 Å². The second-order valence-corrected chi connectivity index (χ2v) is 16.3. The van der Waals surface area contributed by atoms with Gasteiger partial charge in [0.05, 0.1) is 58.2 Å². The van der Waals surface area contributed by atoms with Crippen molar-refractivity contribution >= 4 is 13.7 Å². The highest BCUT2D eigenvalue weighted by Crippen LogP contribution is 2.43. The number of aliphatic hydroxyl groups excluding tert-OH is 4. The van der Waals surface area contributed by atoms with Crippen LogP contribution in [0.1, 0.15) is 123 Å². The molecule has 0 aliphatic rings. The van der Waals surface area contributed by atoms with Crippen LogP contribution in [0, 0.1) is 0 Å². The summed E-state index contributed by atoms with van der Waals surface area (Å²) in [6.45, 7) is 4.37. The summed E-state index contributed by atoms with van der Waals surface area (Å²) in [6.07, 6.45) is 29.4. The van der Waals surface area contributed by atoms with E-state index in [1.54, 1.807) is 48.6 Å². The molecule has 11 nitrogen and oxygen atoms in total. The Kier molecular flexibility index (Phi) is 31.2. The molecule has 6 N–H and O–H groups in total. The molecule has 0 aromatic rings. The zero-order chi connectivity index (χ0) is 39.8. The maximum atomic E-state index is 12.8. The van der Waals surface area contributed by atoms with Gasteiger partial charge >= 0.3 is 7.82 Å². The average molecular weight is 772 g/mol. The van der Waals surface area contributed by atoms with Crippen LogP contribution in [-0.4, -0.2) is 107 Å². The molecule has 0 heterocycles. The molecule has 53 heavy (non-hydrogen) atoms. The number of rotatable bonds is 34. The molecule has 0 rings (SSSR count). The molecule has 0 bridgehead atoms. The summed E-state index contributed by atoms with van der Waals surface area (Å²) in [7, 11) is 1.34. The number of nitrogens with one attached hydrogen (secondary N) is 1. The van der Waals surface area contributed by atoms with Crippen LogP contribution in [0.25, 0.3) is 0 Å². The number of amides is 1. The van der Waals surface area contributed by atoms with E-state index >= 15 is 0 Å². The summed E-state index contributed by atoms with van der Waals surface area (Å²) in [5.41, 5.74) is 0. The van der Waals surface area contributed by atoms with E-state index in [4.69, 9.17) is 9.05 Å². The van der Waals surface area contributed by atoms with Crippen molar-refractivity contribution in [1.82, 2.24) is 5.32 Å². The van der Waals surface area contributed by atoms with E-state index in [1.165, 1.54) is 51.0 Å². The Balaban J connectivity index is 4.89. The van der Waals surface area contributed by atoms with Crippen molar-refractivity contribution in [3.63, 3.8) is 0 Å². The van der Waals surface area contributed by atoms with Crippen molar-refractivity contribution in [2.24, 2.45) is 0 Å². The number of phosphoric ester groups is 1. The first-order valence-corrected chi connectivity index (χ1v) is 21.5. The van der Waals surface area contributed by atoms with Crippen molar-refractivity contribution in [2.45, 2.75) is 153 Å². The van der Waals surface area contributed by atoms with E-state index in [2.05, 4.69) is 19.2 Å². The summed E-state index contributed by atoms with van der Waals surface area (Å²) < 4.78 is 23.3. The quantitative estimate of drug-likeness (QED) is 0.0130. The normalized spacial score (nSPS) is 16.9.